The Morgan fingerprint density at radius 3 is 2.39 bits per heavy atom. The maximum absolute atomic E-state index is 13.1. The van der Waals surface area contributed by atoms with Gasteiger partial charge < -0.3 is 5.73 Å². The van der Waals surface area contributed by atoms with Crippen LogP contribution in [0.25, 0.3) is 0 Å². The monoisotopic (exact) mass is 370 g/mol. The molecule has 1 aromatic carbocycles. The van der Waals surface area contributed by atoms with E-state index in [1.165, 1.54) is 12.1 Å². The molecule has 1 aromatic rings. The van der Waals surface area contributed by atoms with Crippen LogP contribution in [0.15, 0.2) is 29.2 Å². The van der Waals surface area contributed by atoms with Crippen LogP contribution in [0.2, 0.25) is 0 Å². The largest absolute Gasteiger partial charge is 0.417 e. The highest BCUT2D eigenvalue weighted by molar-refractivity contribution is 7.89. The van der Waals surface area contributed by atoms with E-state index in [0.29, 0.717) is 0 Å². The number of fused-ring (bicyclic) bond motifs is 1. The zero-order chi connectivity index (χ0) is 16.1. The molecule has 0 amide bonds. The summed E-state index contributed by atoms with van der Waals surface area (Å²) < 4.78 is 65.6. The highest BCUT2D eigenvalue weighted by atomic mass is 35.5. The number of rotatable bonds is 2. The van der Waals surface area contributed by atoms with Crippen molar-refractivity contribution < 1.29 is 21.6 Å². The molecule has 0 bridgehead atoms. The number of sulfonamides is 1. The molecule has 1 aliphatic heterocycles. The zero-order valence-corrected chi connectivity index (χ0v) is 13.8. The van der Waals surface area contributed by atoms with Crippen molar-refractivity contribution in [1.29, 1.82) is 0 Å². The fraction of sp³-hybridized carbons (Fsp3) is 0.571. The van der Waals surface area contributed by atoms with Gasteiger partial charge in [0.2, 0.25) is 10.0 Å². The van der Waals surface area contributed by atoms with Gasteiger partial charge in [0.05, 0.1) is 10.5 Å². The Morgan fingerprint density at radius 2 is 1.78 bits per heavy atom. The Labute approximate surface area is 139 Å². The van der Waals surface area contributed by atoms with Gasteiger partial charge in [0.15, 0.2) is 0 Å². The molecule has 2 N–H and O–H groups in total. The van der Waals surface area contributed by atoms with Crippen LogP contribution in [0, 0.1) is 11.8 Å². The first kappa shape index (κ1) is 18.5. The van der Waals surface area contributed by atoms with Crippen LogP contribution >= 0.6 is 12.4 Å². The lowest BCUT2D eigenvalue weighted by atomic mass is 9.98. The Kier molecular flexibility index (Phi) is 5.02. The number of halogens is 4. The van der Waals surface area contributed by atoms with Crippen LogP contribution in [0.1, 0.15) is 18.4 Å². The third-order valence-corrected chi connectivity index (χ3v) is 6.58. The van der Waals surface area contributed by atoms with Crippen molar-refractivity contribution in [1.82, 2.24) is 4.31 Å². The summed E-state index contributed by atoms with van der Waals surface area (Å²) in [5.74, 6) is 0.204. The van der Waals surface area contributed by atoms with E-state index in [1.54, 1.807) is 0 Å². The number of nitrogens with two attached hydrogens (primary N) is 1. The molecule has 9 heteroatoms. The molecule has 2 fully saturated rings. The molecular weight excluding hydrogens is 353 g/mol. The first-order valence-corrected chi connectivity index (χ1v) is 8.57. The van der Waals surface area contributed by atoms with Crippen molar-refractivity contribution in [3.8, 4) is 0 Å². The predicted octanol–water partition coefficient (Wildman–Crippen LogP) is 2.49. The summed E-state index contributed by atoms with van der Waals surface area (Å²) in [4.78, 5) is -0.670. The maximum atomic E-state index is 13.1. The van der Waals surface area contributed by atoms with E-state index in [2.05, 4.69) is 0 Å². The van der Waals surface area contributed by atoms with Gasteiger partial charge in [0.25, 0.3) is 0 Å². The molecule has 0 spiro atoms. The standard InChI is InChI=1S/C14H17F3N2O2S.ClH/c15-14(16,17)11-3-1-2-4-13(11)22(20,21)19-7-9-5-6-12(18)10(9)8-19;/h1-4,9-10,12H,5-8,18H2;1H. The lowest BCUT2D eigenvalue weighted by molar-refractivity contribution is -0.139. The Hall–Kier alpha value is -0.830. The van der Waals surface area contributed by atoms with Crippen molar-refractivity contribution in [2.45, 2.75) is 30.0 Å². The first-order chi connectivity index (χ1) is 10.2. The number of alkyl halides is 3. The van der Waals surface area contributed by atoms with Gasteiger partial charge in [-0.05, 0) is 36.8 Å². The van der Waals surface area contributed by atoms with Crippen LogP contribution in [0.4, 0.5) is 13.2 Å². The number of hydrogen-bond acceptors (Lipinski definition) is 3. The van der Waals surface area contributed by atoms with Crippen molar-refractivity contribution in [3.63, 3.8) is 0 Å². The molecule has 1 heterocycles. The molecule has 2 aliphatic rings. The van der Waals surface area contributed by atoms with Gasteiger partial charge in [-0.3, -0.25) is 0 Å². The van der Waals surface area contributed by atoms with Gasteiger partial charge in [0.1, 0.15) is 0 Å². The summed E-state index contributed by atoms with van der Waals surface area (Å²) in [6.07, 6.45) is -3.02. The fourth-order valence-electron chi connectivity index (χ4n) is 3.53. The minimum Gasteiger partial charge on any atom is -0.327 e. The summed E-state index contributed by atoms with van der Waals surface area (Å²) in [5.41, 5.74) is 4.85. The van der Waals surface area contributed by atoms with Crippen LogP contribution < -0.4 is 5.73 Å². The molecule has 3 rings (SSSR count). The normalized spacial score (nSPS) is 28.4. The van der Waals surface area contributed by atoms with Crippen molar-refractivity contribution in [2.75, 3.05) is 13.1 Å². The lowest BCUT2D eigenvalue weighted by Gasteiger charge is -2.21. The first-order valence-electron chi connectivity index (χ1n) is 7.13. The molecule has 4 nitrogen and oxygen atoms in total. The van der Waals surface area contributed by atoms with Gasteiger partial charge in [-0.1, -0.05) is 12.1 Å². The van der Waals surface area contributed by atoms with E-state index < -0.39 is 26.7 Å². The molecule has 0 radical (unpaired) electrons. The zero-order valence-electron chi connectivity index (χ0n) is 12.2. The summed E-state index contributed by atoms with van der Waals surface area (Å²) in [6.45, 7) is 0.466. The molecule has 3 atom stereocenters. The van der Waals surface area contributed by atoms with Gasteiger partial charge in [-0.25, -0.2) is 8.42 Å². The quantitative estimate of drug-likeness (QED) is 0.870. The predicted molar refractivity (Wildman–Crippen MR) is 81.6 cm³/mol. The van der Waals surface area contributed by atoms with Gasteiger partial charge in [-0.2, -0.15) is 17.5 Å². The van der Waals surface area contributed by atoms with Crippen molar-refractivity contribution in [3.05, 3.63) is 29.8 Å². The molecule has 130 valence electrons. The Balaban J connectivity index is 0.00000192. The summed E-state index contributed by atoms with van der Waals surface area (Å²) >= 11 is 0. The van der Waals surface area contributed by atoms with E-state index in [1.807, 2.05) is 0 Å². The van der Waals surface area contributed by atoms with E-state index in [4.69, 9.17) is 5.73 Å². The maximum Gasteiger partial charge on any atom is 0.417 e. The summed E-state index contributed by atoms with van der Waals surface area (Å²) in [7, 11) is -4.16. The third kappa shape index (κ3) is 3.22. The number of benzene rings is 1. The number of hydrogen-bond donors (Lipinski definition) is 1. The average molecular weight is 371 g/mol. The van der Waals surface area contributed by atoms with Gasteiger partial charge >= 0.3 is 6.18 Å². The summed E-state index contributed by atoms with van der Waals surface area (Å²) in [5, 5.41) is 0. The van der Waals surface area contributed by atoms with Crippen molar-refractivity contribution in [2.24, 2.45) is 17.6 Å². The highest BCUT2D eigenvalue weighted by Gasteiger charge is 2.47. The van der Waals surface area contributed by atoms with Crippen LogP contribution in [-0.4, -0.2) is 31.9 Å². The molecule has 1 saturated heterocycles. The Bertz CT molecular complexity index is 681. The van der Waals surface area contributed by atoms with Crippen LogP contribution in [0.5, 0.6) is 0 Å². The van der Waals surface area contributed by atoms with Gasteiger partial charge in [0, 0.05) is 19.1 Å². The second-order valence-corrected chi connectivity index (χ2v) is 7.89. The molecule has 1 saturated carbocycles. The SMILES string of the molecule is Cl.NC1CCC2CN(S(=O)(=O)c3ccccc3C(F)(F)F)CC12. The van der Waals surface area contributed by atoms with Crippen molar-refractivity contribution >= 4 is 22.4 Å². The smallest absolute Gasteiger partial charge is 0.327 e. The van der Waals surface area contributed by atoms with E-state index in [9.17, 15) is 21.6 Å². The molecule has 0 aromatic heterocycles. The topological polar surface area (TPSA) is 63.4 Å². The van der Waals surface area contributed by atoms with E-state index in [-0.39, 0.29) is 43.4 Å². The highest BCUT2D eigenvalue weighted by Crippen LogP contribution is 2.41. The van der Waals surface area contributed by atoms with Crippen LogP contribution in [-0.2, 0) is 16.2 Å². The van der Waals surface area contributed by atoms with Gasteiger partial charge in [-0.15, -0.1) is 12.4 Å². The molecular formula is C14H18ClF3N2O2S. The molecule has 23 heavy (non-hydrogen) atoms. The fourth-order valence-corrected chi connectivity index (χ4v) is 5.27. The van der Waals surface area contributed by atoms with Crippen LogP contribution in [0.3, 0.4) is 0 Å². The lowest BCUT2D eigenvalue weighted by Crippen LogP contribution is -2.34. The second-order valence-electron chi connectivity index (χ2n) is 5.98. The number of nitrogens with zero attached hydrogens (tertiary/aromatic N) is 1. The van der Waals surface area contributed by atoms with E-state index in [0.717, 1.165) is 29.3 Å². The molecule has 1 aliphatic carbocycles. The Morgan fingerprint density at radius 1 is 1.13 bits per heavy atom. The molecule has 3 unspecified atom stereocenters. The van der Waals surface area contributed by atoms with E-state index >= 15 is 0 Å². The second kappa shape index (κ2) is 6.23. The average Bonchev–Trinajstić information content (AvgIpc) is 3.01. The minimum atomic E-state index is -4.70. The summed E-state index contributed by atoms with van der Waals surface area (Å²) in [6, 6.07) is 4.26. The third-order valence-electron chi connectivity index (χ3n) is 4.69. The minimum absolute atomic E-state index is 0.